The second kappa shape index (κ2) is 7.39. The molecule has 6 heteroatoms. The lowest BCUT2D eigenvalue weighted by Gasteiger charge is -2.25. The van der Waals surface area contributed by atoms with Gasteiger partial charge < -0.3 is 5.32 Å². The summed E-state index contributed by atoms with van der Waals surface area (Å²) >= 11 is 0. The maximum atomic E-state index is 12.5. The van der Waals surface area contributed by atoms with Gasteiger partial charge in [0.05, 0.1) is 12.7 Å². The molecule has 1 aromatic carbocycles. The van der Waals surface area contributed by atoms with Gasteiger partial charge in [0, 0.05) is 36.8 Å². The molecule has 0 fully saturated rings. The number of carbonyl (C=O) groups is 1. The molecule has 140 valence electrons. The average molecular weight is 363 g/mol. The van der Waals surface area contributed by atoms with Crippen LogP contribution in [-0.2, 0) is 17.9 Å². The van der Waals surface area contributed by atoms with Crippen LogP contribution in [0.1, 0.15) is 49.3 Å². The lowest BCUT2D eigenvalue weighted by Crippen LogP contribution is -2.25. The maximum absolute atomic E-state index is 12.5. The van der Waals surface area contributed by atoms with E-state index < -0.39 is 0 Å². The Labute approximate surface area is 159 Å². The van der Waals surface area contributed by atoms with Crippen molar-refractivity contribution in [3.63, 3.8) is 0 Å². The number of fused-ring (bicyclic) bond motifs is 1. The zero-order valence-electron chi connectivity index (χ0n) is 15.8. The molecule has 3 aromatic rings. The van der Waals surface area contributed by atoms with Gasteiger partial charge in [-0.05, 0) is 29.5 Å². The molecule has 0 radical (unpaired) electrons. The predicted molar refractivity (Wildman–Crippen MR) is 105 cm³/mol. The van der Waals surface area contributed by atoms with Crippen LogP contribution in [0.25, 0.3) is 0 Å². The normalized spacial score (nSPS) is 16.4. The average Bonchev–Trinajstić information content (AvgIpc) is 3.29. The van der Waals surface area contributed by atoms with Gasteiger partial charge in [-0.15, -0.1) is 0 Å². The summed E-state index contributed by atoms with van der Waals surface area (Å²) in [5.74, 6) is 1.52. The smallest absolute Gasteiger partial charge is 0.226 e. The summed E-state index contributed by atoms with van der Waals surface area (Å²) in [6.07, 6.45) is 7.14. The predicted octanol–water partition coefficient (Wildman–Crippen LogP) is 3.65. The quantitative estimate of drug-likeness (QED) is 0.727. The number of nitrogens with zero attached hydrogens (tertiary/aromatic N) is 4. The number of benzene rings is 1. The molecule has 1 amide bonds. The molecule has 0 aliphatic carbocycles. The van der Waals surface area contributed by atoms with Crippen molar-refractivity contribution in [2.24, 2.45) is 5.92 Å². The molecule has 0 saturated carbocycles. The minimum atomic E-state index is 0.0216. The summed E-state index contributed by atoms with van der Waals surface area (Å²) < 4.78 is 3.85. The highest BCUT2D eigenvalue weighted by atomic mass is 16.1. The second-order valence-corrected chi connectivity index (χ2v) is 7.56. The molecule has 1 unspecified atom stereocenters. The van der Waals surface area contributed by atoms with Gasteiger partial charge in [-0.1, -0.05) is 38.1 Å². The fraction of sp³-hybridized carbons (Fsp3) is 0.381. The van der Waals surface area contributed by atoms with Crippen LogP contribution in [0, 0.1) is 5.92 Å². The summed E-state index contributed by atoms with van der Waals surface area (Å²) in [4.78, 5) is 12.5. The molecule has 6 nitrogen and oxygen atoms in total. The van der Waals surface area contributed by atoms with E-state index in [1.165, 1.54) is 11.1 Å². The zero-order chi connectivity index (χ0) is 18.8. The topological polar surface area (TPSA) is 64.7 Å². The number of aryl methyl sites for hydroxylation is 1. The molecule has 0 saturated heterocycles. The summed E-state index contributed by atoms with van der Waals surface area (Å²) in [6.45, 7) is 5.90. The van der Waals surface area contributed by atoms with Gasteiger partial charge in [0.15, 0.2) is 0 Å². The Balaban J connectivity index is 1.69. The van der Waals surface area contributed by atoms with E-state index in [-0.39, 0.29) is 11.8 Å². The molecule has 3 heterocycles. The first-order valence-corrected chi connectivity index (χ1v) is 9.52. The first-order valence-electron chi connectivity index (χ1n) is 9.52. The summed E-state index contributed by atoms with van der Waals surface area (Å²) in [5.41, 5.74) is 3.46. The van der Waals surface area contributed by atoms with E-state index in [1.54, 1.807) is 6.20 Å². The molecule has 1 aliphatic heterocycles. The van der Waals surface area contributed by atoms with Crippen molar-refractivity contribution < 1.29 is 4.79 Å². The highest BCUT2D eigenvalue weighted by Crippen LogP contribution is 2.38. The maximum Gasteiger partial charge on any atom is 0.226 e. The van der Waals surface area contributed by atoms with Crippen molar-refractivity contribution in [2.75, 3.05) is 5.32 Å². The van der Waals surface area contributed by atoms with E-state index in [1.807, 2.05) is 40.0 Å². The lowest BCUT2D eigenvalue weighted by molar-refractivity contribution is -0.116. The Morgan fingerprint density at radius 1 is 1.19 bits per heavy atom. The van der Waals surface area contributed by atoms with Gasteiger partial charge in [-0.25, -0.2) is 4.68 Å². The lowest BCUT2D eigenvalue weighted by atomic mass is 9.84. The molecular weight excluding hydrogens is 338 g/mol. The molecule has 1 atom stereocenters. The van der Waals surface area contributed by atoms with Crippen molar-refractivity contribution in [1.82, 2.24) is 19.6 Å². The number of amides is 1. The first kappa shape index (κ1) is 17.5. The van der Waals surface area contributed by atoms with Crippen LogP contribution < -0.4 is 5.32 Å². The third kappa shape index (κ3) is 3.65. The van der Waals surface area contributed by atoms with E-state index in [9.17, 15) is 4.79 Å². The Hall–Kier alpha value is -2.89. The zero-order valence-corrected chi connectivity index (χ0v) is 15.8. The first-order chi connectivity index (χ1) is 13.1. The van der Waals surface area contributed by atoms with E-state index in [4.69, 9.17) is 0 Å². The summed E-state index contributed by atoms with van der Waals surface area (Å²) in [7, 11) is 0. The van der Waals surface area contributed by atoms with Crippen LogP contribution in [0.5, 0.6) is 0 Å². The molecule has 1 aliphatic rings. The standard InChI is InChI=1S/C21H25N5O/c1-15(2)8-11-26-21-19(13-23-26)18(12-20(27)24-21)17-7-4-3-6-16(17)14-25-10-5-9-22-25/h3-7,9-10,13,15,18H,8,11-12,14H2,1-2H3,(H,24,27). The SMILES string of the molecule is CC(C)CCn1ncc2c1NC(=O)CC2c1ccccc1Cn1cccn1. The Kier molecular flexibility index (Phi) is 4.79. The van der Waals surface area contributed by atoms with E-state index in [0.717, 1.165) is 24.3 Å². The van der Waals surface area contributed by atoms with Gasteiger partial charge >= 0.3 is 0 Å². The van der Waals surface area contributed by atoms with Gasteiger partial charge in [0.1, 0.15) is 5.82 Å². The van der Waals surface area contributed by atoms with Crippen LogP contribution in [0.2, 0.25) is 0 Å². The molecule has 1 N–H and O–H groups in total. The highest BCUT2D eigenvalue weighted by molar-refractivity contribution is 5.94. The van der Waals surface area contributed by atoms with Crippen molar-refractivity contribution in [3.8, 4) is 0 Å². The molecule has 0 spiro atoms. The van der Waals surface area contributed by atoms with Crippen LogP contribution in [0.4, 0.5) is 5.82 Å². The fourth-order valence-corrected chi connectivity index (χ4v) is 3.68. The Morgan fingerprint density at radius 3 is 2.81 bits per heavy atom. The van der Waals surface area contributed by atoms with Crippen molar-refractivity contribution in [1.29, 1.82) is 0 Å². The summed E-state index contributed by atoms with van der Waals surface area (Å²) in [6, 6.07) is 10.2. The Bertz CT molecular complexity index is 926. The molecule has 27 heavy (non-hydrogen) atoms. The molecule has 4 rings (SSSR count). The van der Waals surface area contributed by atoms with Crippen molar-refractivity contribution in [3.05, 3.63) is 65.6 Å². The van der Waals surface area contributed by atoms with Gasteiger partial charge in [0.25, 0.3) is 0 Å². The van der Waals surface area contributed by atoms with Gasteiger partial charge in [0.2, 0.25) is 5.91 Å². The van der Waals surface area contributed by atoms with Crippen molar-refractivity contribution in [2.45, 2.75) is 45.7 Å². The molecular formula is C21H25N5O. The van der Waals surface area contributed by atoms with E-state index in [0.29, 0.717) is 18.9 Å². The summed E-state index contributed by atoms with van der Waals surface area (Å²) in [5, 5.41) is 11.9. The van der Waals surface area contributed by atoms with E-state index in [2.05, 4.69) is 41.5 Å². The number of carbonyl (C=O) groups excluding carboxylic acids is 1. The number of hydrogen-bond acceptors (Lipinski definition) is 3. The number of aromatic nitrogens is 4. The van der Waals surface area contributed by atoms with Gasteiger partial charge in [-0.2, -0.15) is 10.2 Å². The third-order valence-electron chi connectivity index (χ3n) is 5.13. The van der Waals surface area contributed by atoms with Crippen LogP contribution in [-0.4, -0.2) is 25.5 Å². The van der Waals surface area contributed by atoms with Crippen LogP contribution in [0.15, 0.2) is 48.9 Å². The number of rotatable bonds is 6. The monoisotopic (exact) mass is 363 g/mol. The van der Waals surface area contributed by atoms with Crippen LogP contribution >= 0.6 is 0 Å². The minimum absolute atomic E-state index is 0.0216. The fourth-order valence-electron chi connectivity index (χ4n) is 3.68. The Morgan fingerprint density at radius 2 is 2.04 bits per heavy atom. The largest absolute Gasteiger partial charge is 0.311 e. The highest BCUT2D eigenvalue weighted by Gasteiger charge is 2.31. The number of nitrogens with one attached hydrogen (secondary N) is 1. The number of anilines is 1. The second-order valence-electron chi connectivity index (χ2n) is 7.56. The molecule has 2 aromatic heterocycles. The third-order valence-corrected chi connectivity index (χ3v) is 5.13. The molecule has 0 bridgehead atoms. The van der Waals surface area contributed by atoms with E-state index >= 15 is 0 Å². The number of hydrogen-bond donors (Lipinski definition) is 1. The van der Waals surface area contributed by atoms with Crippen molar-refractivity contribution >= 4 is 11.7 Å². The van der Waals surface area contributed by atoms with Gasteiger partial charge in [-0.3, -0.25) is 9.48 Å². The minimum Gasteiger partial charge on any atom is -0.311 e. The van der Waals surface area contributed by atoms with Crippen LogP contribution in [0.3, 0.4) is 0 Å².